The average molecular weight is 242 g/mol. The van der Waals surface area contributed by atoms with E-state index in [1.165, 1.54) is 0 Å². The Balaban J connectivity index is 2.46. The molecule has 0 aromatic heterocycles. The molecule has 5 nitrogen and oxygen atoms in total. The van der Waals surface area contributed by atoms with Crippen molar-refractivity contribution in [3.63, 3.8) is 0 Å². The third-order valence-corrected chi connectivity index (χ3v) is 3.65. The van der Waals surface area contributed by atoms with E-state index in [9.17, 15) is 9.59 Å². The molecule has 0 radical (unpaired) electrons. The molecule has 0 aliphatic carbocycles. The molecule has 1 saturated heterocycles. The molecule has 3 N–H and O–H groups in total. The van der Waals surface area contributed by atoms with Crippen LogP contribution in [0.3, 0.4) is 0 Å². The van der Waals surface area contributed by atoms with Crippen LogP contribution in [0.2, 0.25) is 0 Å². The smallest absolute Gasteiger partial charge is 0.308 e. The van der Waals surface area contributed by atoms with Gasteiger partial charge >= 0.3 is 5.97 Å². The van der Waals surface area contributed by atoms with Crippen molar-refractivity contribution in [3.05, 3.63) is 0 Å². The minimum atomic E-state index is -0.803. The second kappa shape index (κ2) is 6.00. The number of nitrogens with zero attached hydrogens (tertiary/aromatic N) is 1. The lowest BCUT2D eigenvalue weighted by molar-refractivity contribution is -0.143. The van der Waals surface area contributed by atoms with E-state index < -0.39 is 11.9 Å². The van der Waals surface area contributed by atoms with Gasteiger partial charge in [0.25, 0.3) is 0 Å². The predicted octanol–water partition coefficient (Wildman–Crippen LogP) is 0.683. The van der Waals surface area contributed by atoms with Gasteiger partial charge in [0.1, 0.15) is 0 Å². The first kappa shape index (κ1) is 14.0. The summed E-state index contributed by atoms with van der Waals surface area (Å²) >= 11 is 0. The van der Waals surface area contributed by atoms with Crippen LogP contribution in [0.4, 0.5) is 0 Å². The summed E-state index contributed by atoms with van der Waals surface area (Å²) < 4.78 is 0. The van der Waals surface area contributed by atoms with Gasteiger partial charge in [-0.3, -0.25) is 9.59 Å². The highest BCUT2D eigenvalue weighted by Gasteiger charge is 2.37. The Morgan fingerprint density at radius 3 is 2.65 bits per heavy atom. The predicted molar refractivity (Wildman–Crippen MR) is 64.4 cm³/mol. The van der Waals surface area contributed by atoms with Gasteiger partial charge in [-0.2, -0.15) is 0 Å². The topological polar surface area (TPSA) is 83.6 Å². The van der Waals surface area contributed by atoms with Crippen molar-refractivity contribution in [2.45, 2.75) is 39.2 Å². The number of carboxylic acid groups (broad SMARTS) is 1. The molecule has 1 aliphatic rings. The Morgan fingerprint density at radius 2 is 2.18 bits per heavy atom. The lowest BCUT2D eigenvalue weighted by Gasteiger charge is -2.23. The van der Waals surface area contributed by atoms with Gasteiger partial charge in [-0.15, -0.1) is 0 Å². The fourth-order valence-electron chi connectivity index (χ4n) is 2.25. The Kier molecular flexibility index (Phi) is 4.93. The molecule has 3 unspecified atom stereocenters. The van der Waals surface area contributed by atoms with Gasteiger partial charge in [0.2, 0.25) is 5.91 Å². The number of rotatable bonds is 5. The molecule has 5 heteroatoms. The lowest BCUT2D eigenvalue weighted by atomic mass is 10.0. The first-order valence-electron chi connectivity index (χ1n) is 6.19. The van der Waals surface area contributed by atoms with E-state index in [0.717, 1.165) is 6.42 Å². The second-order valence-corrected chi connectivity index (χ2v) is 4.94. The molecule has 98 valence electrons. The molecule has 0 bridgehead atoms. The summed E-state index contributed by atoms with van der Waals surface area (Å²) in [7, 11) is 0. The maximum atomic E-state index is 11.9. The summed E-state index contributed by atoms with van der Waals surface area (Å²) in [5, 5.41) is 8.98. The zero-order chi connectivity index (χ0) is 13.0. The van der Waals surface area contributed by atoms with Gasteiger partial charge in [-0.05, 0) is 32.2 Å². The van der Waals surface area contributed by atoms with Crippen molar-refractivity contribution < 1.29 is 14.7 Å². The Bertz CT molecular complexity index is 293. The van der Waals surface area contributed by atoms with Crippen LogP contribution in [-0.2, 0) is 9.59 Å². The summed E-state index contributed by atoms with van der Waals surface area (Å²) in [4.78, 5) is 24.6. The van der Waals surface area contributed by atoms with Crippen molar-refractivity contribution in [1.29, 1.82) is 0 Å². The average Bonchev–Trinajstić information content (AvgIpc) is 2.67. The van der Waals surface area contributed by atoms with E-state index in [2.05, 4.69) is 0 Å². The molecule has 0 aromatic carbocycles. The highest BCUT2D eigenvalue weighted by molar-refractivity contribution is 5.79. The monoisotopic (exact) mass is 242 g/mol. The fraction of sp³-hybridized carbons (Fsp3) is 0.833. The molecule has 1 fully saturated rings. The minimum Gasteiger partial charge on any atom is -0.481 e. The zero-order valence-electron chi connectivity index (χ0n) is 10.6. The maximum Gasteiger partial charge on any atom is 0.308 e. The third kappa shape index (κ3) is 3.43. The molecule has 1 rings (SSSR count). The lowest BCUT2D eigenvalue weighted by Crippen LogP contribution is -2.37. The van der Waals surface area contributed by atoms with Crippen molar-refractivity contribution in [1.82, 2.24) is 4.90 Å². The zero-order valence-corrected chi connectivity index (χ0v) is 10.6. The molecular formula is C12H22N2O3. The molecule has 1 aliphatic heterocycles. The summed E-state index contributed by atoms with van der Waals surface area (Å²) in [5.74, 6) is -0.817. The Labute approximate surface area is 102 Å². The number of carbonyl (C=O) groups is 2. The van der Waals surface area contributed by atoms with Gasteiger partial charge in [0.15, 0.2) is 0 Å². The minimum absolute atomic E-state index is 0.0570. The number of hydrogen-bond donors (Lipinski definition) is 2. The molecule has 0 saturated carbocycles. The summed E-state index contributed by atoms with van der Waals surface area (Å²) in [6.07, 6.45) is 1.81. The highest BCUT2D eigenvalue weighted by atomic mass is 16.4. The number of likely N-dealkylation sites (tertiary alicyclic amines) is 1. The molecular weight excluding hydrogens is 220 g/mol. The van der Waals surface area contributed by atoms with Crippen LogP contribution < -0.4 is 5.73 Å². The maximum absolute atomic E-state index is 11.9. The van der Waals surface area contributed by atoms with Gasteiger partial charge < -0.3 is 15.7 Å². The quantitative estimate of drug-likeness (QED) is 0.742. The van der Waals surface area contributed by atoms with Crippen LogP contribution in [0.15, 0.2) is 0 Å². The Morgan fingerprint density at radius 1 is 1.53 bits per heavy atom. The molecule has 0 aromatic rings. The first-order chi connectivity index (χ1) is 7.97. The van der Waals surface area contributed by atoms with Crippen LogP contribution in [-0.4, -0.2) is 41.0 Å². The van der Waals surface area contributed by atoms with Gasteiger partial charge in [0.05, 0.1) is 5.92 Å². The standard InChI is InChI=1S/C12H22N2O3/c1-8(7-13)3-4-11(15)14-6-5-10(9(14)2)12(16)17/h8-10H,3-7,13H2,1-2H3,(H,16,17). The summed E-state index contributed by atoms with van der Waals surface area (Å²) in [6.45, 7) is 4.98. The van der Waals surface area contributed by atoms with E-state index in [4.69, 9.17) is 10.8 Å². The van der Waals surface area contributed by atoms with E-state index in [1.807, 2.05) is 13.8 Å². The highest BCUT2D eigenvalue weighted by Crippen LogP contribution is 2.25. The number of carbonyl (C=O) groups excluding carboxylic acids is 1. The number of amides is 1. The van der Waals surface area contributed by atoms with Crippen LogP contribution >= 0.6 is 0 Å². The molecule has 17 heavy (non-hydrogen) atoms. The van der Waals surface area contributed by atoms with Gasteiger partial charge in [-0.1, -0.05) is 6.92 Å². The first-order valence-corrected chi connectivity index (χ1v) is 6.19. The Hall–Kier alpha value is -1.10. The second-order valence-electron chi connectivity index (χ2n) is 4.94. The summed E-state index contributed by atoms with van der Waals surface area (Å²) in [6, 6.07) is -0.187. The largest absolute Gasteiger partial charge is 0.481 e. The molecule has 1 heterocycles. The number of hydrogen-bond acceptors (Lipinski definition) is 3. The molecule has 1 amide bonds. The number of carboxylic acids is 1. The van der Waals surface area contributed by atoms with Crippen LogP contribution in [0.1, 0.15) is 33.1 Å². The normalized spacial score (nSPS) is 25.9. The fourth-order valence-corrected chi connectivity index (χ4v) is 2.25. The number of nitrogens with two attached hydrogens (primary N) is 1. The van der Waals surface area contributed by atoms with Gasteiger partial charge in [-0.25, -0.2) is 0 Å². The van der Waals surface area contributed by atoms with Crippen molar-refractivity contribution in [2.24, 2.45) is 17.6 Å². The van der Waals surface area contributed by atoms with Crippen LogP contribution in [0, 0.1) is 11.8 Å². The van der Waals surface area contributed by atoms with Crippen molar-refractivity contribution in [2.75, 3.05) is 13.1 Å². The van der Waals surface area contributed by atoms with E-state index in [1.54, 1.807) is 4.90 Å². The van der Waals surface area contributed by atoms with Gasteiger partial charge in [0, 0.05) is 19.0 Å². The van der Waals surface area contributed by atoms with Crippen LogP contribution in [0.25, 0.3) is 0 Å². The molecule has 0 spiro atoms. The third-order valence-electron chi connectivity index (χ3n) is 3.65. The van der Waals surface area contributed by atoms with Crippen molar-refractivity contribution in [3.8, 4) is 0 Å². The molecule has 3 atom stereocenters. The number of aliphatic carboxylic acids is 1. The summed E-state index contributed by atoms with van der Waals surface area (Å²) in [5.41, 5.74) is 5.50. The SMILES string of the molecule is CC(CN)CCC(=O)N1CCC(C(=O)O)C1C. The van der Waals surface area contributed by atoms with E-state index in [0.29, 0.717) is 31.8 Å². The van der Waals surface area contributed by atoms with Crippen LogP contribution in [0.5, 0.6) is 0 Å². The van der Waals surface area contributed by atoms with E-state index >= 15 is 0 Å². The van der Waals surface area contributed by atoms with Crippen molar-refractivity contribution >= 4 is 11.9 Å². The van der Waals surface area contributed by atoms with E-state index in [-0.39, 0.29) is 11.9 Å².